The summed E-state index contributed by atoms with van der Waals surface area (Å²) in [6, 6.07) is 5.60. The van der Waals surface area contributed by atoms with Crippen LogP contribution in [0.4, 0.5) is 5.69 Å². The van der Waals surface area contributed by atoms with E-state index in [1.807, 2.05) is 18.2 Å². The van der Waals surface area contributed by atoms with Crippen molar-refractivity contribution in [1.82, 2.24) is 0 Å². The van der Waals surface area contributed by atoms with Crippen LogP contribution < -0.4 is 10.5 Å². The number of hydrogen-bond donors (Lipinski definition) is 1. The molecule has 0 atom stereocenters. The third kappa shape index (κ3) is 0.320. The van der Waals surface area contributed by atoms with Crippen LogP contribution in [-0.4, -0.2) is 0 Å². The highest BCUT2D eigenvalue weighted by molar-refractivity contribution is 5.69. The largest absolute Gasteiger partial charge is 0.447 e. The van der Waals surface area contributed by atoms with Crippen LogP contribution in [0.1, 0.15) is 0 Å². The summed E-state index contributed by atoms with van der Waals surface area (Å²) in [5.74, 6) is 1.78. The molecule has 2 rings (SSSR count). The lowest BCUT2D eigenvalue weighted by Crippen LogP contribution is -1.77. The Hall–Kier alpha value is -1.18. The molecular weight excluding hydrogens is 102 g/mol. The molecule has 0 radical (unpaired) electrons. The van der Waals surface area contributed by atoms with Crippen molar-refractivity contribution < 1.29 is 4.74 Å². The second kappa shape index (κ2) is 0.968. The fraction of sp³-hybridized carbons (Fsp3) is 0. The molecule has 1 aliphatic rings. The Morgan fingerprint density at radius 3 is 2.88 bits per heavy atom. The van der Waals surface area contributed by atoms with E-state index in [1.165, 1.54) is 0 Å². The summed E-state index contributed by atoms with van der Waals surface area (Å²) in [6.45, 7) is 0. The number of nitrogens with two attached hydrogens (primary N) is 1. The highest BCUT2D eigenvalue weighted by atomic mass is 16.6. The lowest BCUT2D eigenvalue weighted by atomic mass is 10.3. The van der Waals surface area contributed by atoms with E-state index in [-0.39, 0.29) is 0 Å². The van der Waals surface area contributed by atoms with Crippen molar-refractivity contribution in [3.63, 3.8) is 0 Å². The molecule has 0 aliphatic carbocycles. The van der Waals surface area contributed by atoms with Gasteiger partial charge in [-0.2, -0.15) is 0 Å². The number of fused-ring (bicyclic) bond motifs is 1. The quantitative estimate of drug-likeness (QED) is 0.408. The van der Waals surface area contributed by atoms with E-state index in [0.717, 1.165) is 17.2 Å². The number of benzene rings is 1. The van der Waals surface area contributed by atoms with Gasteiger partial charge in [-0.3, -0.25) is 0 Å². The maximum atomic E-state index is 5.45. The standard InChI is InChI=1S/C6H5NO/c7-4-2-1-3-5-6(4)8-5/h1-3H,7H2. The number of para-hydroxylation sites is 1. The summed E-state index contributed by atoms with van der Waals surface area (Å²) in [7, 11) is 0. The maximum Gasteiger partial charge on any atom is 0.192 e. The topological polar surface area (TPSA) is 38.5 Å². The van der Waals surface area contributed by atoms with Gasteiger partial charge in [0.15, 0.2) is 11.5 Å². The van der Waals surface area contributed by atoms with Gasteiger partial charge in [-0.25, -0.2) is 0 Å². The summed E-state index contributed by atoms with van der Waals surface area (Å²) in [4.78, 5) is 0. The van der Waals surface area contributed by atoms with Crippen LogP contribution in [-0.2, 0) is 0 Å². The molecule has 8 heavy (non-hydrogen) atoms. The van der Waals surface area contributed by atoms with E-state index >= 15 is 0 Å². The molecule has 0 bridgehead atoms. The first-order valence-corrected chi connectivity index (χ1v) is 2.44. The predicted molar refractivity (Wildman–Crippen MR) is 30.9 cm³/mol. The fourth-order valence-electron chi connectivity index (χ4n) is 0.710. The normalized spacial score (nSPS) is 12.0. The van der Waals surface area contributed by atoms with E-state index in [2.05, 4.69) is 0 Å². The van der Waals surface area contributed by atoms with E-state index < -0.39 is 0 Å². The molecule has 1 aromatic rings. The van der Waals surface area contributed by atoms with Crippen molar-refractivity contribution in [3.05, 3.63) is 18.2 Å². The molecular formula is C6H5NO. The second-order valence-electron chi connectivity index (χ2n) is 1.78. The molecule has 2 heteroatoms. The molecule has 0 fully saturated rings. The lowest BCUT2D eigenvalue weighted by Gasteiger charge is -1.78. The average Bonchev–Trinajstić information content (AvgIpc) is 2.45. The Morgan fingerprint density at radius 2 is 2.25 bits per heavy atom. The zero-order valence-corrected chi connectivity index (χ0v) is 4.22. The Labute approximate surface area is 46.9 Å². The van der Waals surface area contributed by atoms with Crippen LogP contribution in [0.3, 0.4) is 0 Å². The third-order valence-corrected chi connectivity index (χ3v) is 1.18. The van der Waals surface area contributed by atoms with Crippen molar-refractivity contribution in [3.8, 4) is 11.5 Å². The van der Waals surface area contributed by atoms with E-state index in [9.17, 15) is 0 Å². The van der Waals surface area contributed by atoms with E-state index in [4.69, 9.17) is 10.5 Å². The first-order valence-electron chi connectivity index (χ1n) is 2.44. The molecule has 1 aliphatic heterocycles. The van der Waals surface area contributed by atoms with Gasteiger partial charge in [-0.05, 0) is 12.1 Å². The van der Waals surface area contributed by atoms with Gasteiger partial charge < -0.3 is 10.5 Å². The molecule has 2 N–H and O–H groups in total. The summed E-state index contributed by atoms with van der Waals surface area (Å²) in [5.41, 5.74) is 6.19. The summed E-state index contributed by atoms with van der Waals surface area (Å²) in [5, 5.41) is 0. The highest BCUT2D eigenvalue weighted by Crippen LogP contribution is 2.49. The first-order chi connectivity index (χ1) is 3.88. The first kappa shape index (κ1) is 3.78. The van der Waals surface area contributed by atoms with Crippen molar-refractivity contribution in [1.29, 1.82) is 0 Å². The van der Waals surface area contributed by atoms with Gasteiger partial charge in [-0.1, -0.05) is 6.07 Å². The monoisotopic (exact) mass is 107 g/mol. The molecule has 0 saturated heterocycles. The third-order valence-electron chi connectivity index (χ3n) is 1.18. The van der Waals surface area contributed by atoms with E-state index in [0.29, 0.717) is 0 Å². The summed E-state index contributed by atoms with van der Waals surface area (Å²) < 4.78 is 4.94. The van der Waals surface area contributed by atoms with Crippen LogP contribution in [0.2, 0.25) is 0 Å². The SMILES string of the molecule is Nc1cccc2c1O2. The Bertz CT molecular complexity index is 232. The van der Waals surface area contributed by atoms with Gasteiger partial charge >= 0.3 is 0 Å². The predicted octanol–water partition coefficient (Wildman–Crippen LogP) is 1.37. The van der Waals surface area contributed by atoms with Gasteiger partial charge in [0.1, 0.15) is 0 Å². The minimum Gasteiger partial charge on any atom is -0.447 e. The van der Waals surface area contributed by atoms with Gasteiger partial charge in [0.05, 0.1) is 5.69 Å². The molecule has 0 saturated carbocycles. The Morgan fingerprint density at radius 1 is 1.38 bits per heavy atom. The second-order valence-corrected chi connectivity index (χ2v) is 1.78. The van der Waals surface area contributed by atoms with Crippen molar-refractivity contribution in [2.75, 3.05) is 5.73 Å². The molecule has 40 valence electrons. The van der Waals surface area contributed by atoms with Crippen LogP contribution in [0.5, 0.6) is 11.5 Å². The van der Waals surface area contributed by atoms with E-state index in [1.54, 1.807) is 0 Å². The highest BCUT2D eigenvalue weighted by Gasteiger charge is 2.21. The fourth-order valence-corrected chi connectivity index (χ4v) is 0.710. The minimum atomic E-state index is 0.738. The van der Waals surface area contributed by atoms with Crippen LogP contribution in [0.15, 0.2) is 18.2 Å². The average molecular weight is 107 g/mol. The number of hydrogen-bond acceptors (Lipinski definition) is 2. The van der Waals surface area contributed by atoms with Crippen molar-refractivity contribution >= 4 is 5.69 Å². The smallest absolute Gasteiger partial charge is 0.192 e. The van der Waals surface area contributed by atoms with Crippen LogP contribution >= 0.6 is 0 Å². The van der Waals surface area contributed by atoms with Gasteiger partial charge in [0.25, 0.3) is 0 Å². The zero-order valence-electron chi connectivity index (χ0n) is 4.22. The molecule has 2 nitrogen and oxygen atoms in total. The molecule has 0 amide bonds. The molecule has 0 spiro atoms. The molecule has 1 heterocycles. The van der Waals surface area contributed by atoms with Crippen molar-refractivity contribution in [2.24, 2.45) is 0 Å². The lowest BCUT2D eigenvalue weighted by molar-refractivity contribution is 0.651. The number of nitrogen functional groups attached to an aromatic ring is 1. The Balaban J connectivity index is 2.70. The van der Waals surface area contributed by atoms with Crippen molar-refractivity contribution in [2.45, 2.75) is 0 Å². The number of rotatable bonds is 0. The number of anilines is 1. The summed E-state index contributed by atoms with van der Waals surface area (Å²) >= 11 is 0. The molecule has 0 aromatic heterocycles. The number of ether oxygens (including phenoxy) is 1. The minimum absolute atomic E-state index is 0.738. The van der Waals surface area contributed by atoms with Gasteiger partial charge in [0.2, 0.25) is 0 Å². The molecule has 1 aromatic carbocycles. The van der Waals surface area contributed by atoms with Gasteiger partial charge in [-0.15, -0.1) is 0 Å². The van der Waals surface area contributed by atoms with Gasteiger partial charge in [0, 0.05) is 0 Å². The zero-order chi connectivity index (χ0) is 5.56. The Kier molecular flexibility index (Phi) is 0.457. The van der Waals surface area contributed by atoms with Crippen LogP contribution in [0.25, 0.3) is 0 Å². The van der Waals surface area contributed by atoms with Crippen LogP contribution in [0, 0.1) is 0 Å². The summed E-state index contributed by atoms with van der Waals surface area (Å²) in [6.07, 6.45) is 0. The maximum absolute atomic E-state index is 5.45. The molecule has 0 unspecified atom stereocenters.